The van der Waals surface area contributed by atoms with Crippen molar-refractivity contribution >= 4 is 11.5 Å². The van der Waals surface area contributed by atoms with Crippen LogP contribution in [-0.4, -0.2) is 16.4 Å². The summed E-state index contributed by atoms with van der Waals surface area (Å²) < 4.78 is 14.5. The van der Waals surface area contributed by atoms with Crippen LogP contribution in [0.2, 0.25) is 0 Å². The molecule has 0 atom stereocenters. The normalized spacial score (nSPS) is 14.4. The third-order valence-corrected chi connectivity index (χ3v) is 2.82. The quantitative estimate of drug-likeness (QED) is 0.738. The predicted octanol–water partition coefficient (Wildman–Crippen LogP) is 2.07. The summed E-state index contributed by atoms with van der Waals surface area (Å²) in [6.07, 6.45) is 0. The standard InChI is InChI=1S/C10H8N2O2S/c1-2-7(9-5-15-12-11-9)8-4-13-6-14-10(8)3-1/h1-3,5H,4,6H2. The molecule has 0 fully saturated rings. The van der Waals surface area contributed by atoms with E-state index in [0.717, 1.165) is 22.6 Å². The Kier molecular flexibility index (Phi) is 2.12. The largest absolute Gasteiger partial charge is 0.467 e. The van der Waals surface area contributed by atoms with Gasteiger partial charge in [0.25, 0.3) is 0 Å². The number of fused-ring (bicyclic) bond motifs is 1. The first kappa shape index (κ1) is 8.82. The molecule has 0 saturated heterocycles. The maximum Gasteiger partial charge on any atom is 0.189 e. The molecule has 0 spiro atoms. The van der Waals surface area contributed by atoms with E-state index in [1.165, 1.54) is 11.5 Å². The molecule has 15 heavy (non-hydrogen) atoms. The Bertz CT molecular complexity index is 470. The van der Waals surface area contributed by atoms with Gasteiger partial charge in [0.2, 0.25) is 0 Å². The first-order chi connectivity index (χ1) is 7.45. The maximum atomic E-state index is 5.40. The number of ether oxygens (including phenoxy) is 2. The van der Waals surface area contributed by atoms with Gasteiger partial charge in [-0.15, -0.1) is 5.10 Å². The zero-order valence-electron chi connectivity index (χ0n) is 7.84. The predicted molar refractivity (Wildman–Crippen MR) is 55.6 cm³/mol. The van der Waals surface area contributed by atoms with E-state index in [4.69, 9.17) is 9.47 Å². The van der Waals surface area contributed by atoms with Gasteiger partial charge in [0.1, 0.15) is 11.4 Å². The molecule has 1 aromatic heterocycles. The third-order valence-electron chi connectivity index (χ3n) is 2.31. The molecule has 3 rings (SSSR count). The van der Waals surface area contributed by atoms with Gasteiger partial charge in [-0.1, -0.05) is 16.6 Å². The average Bonchev–Trinajstić information content (AvgIpc) is 2.82. The number of aromatic nitrogens is 2. The molecule has 0 unspecified atom stereocenters. The number of nitrogens with zero attached hydrogens (tertiary/aromatic N) is 2. The molecule has 0 radical (unpaired) electrons. The Balaban J connectivity index is 2.15. The highest BCUT2D eigenvalue weighted by Crippen LogP contribution is 2.32. The molecule has 1 aliphatic rings. The smallest absolute Gasteiger partial charge is 0.189 e. The first-order valence-electron chi connectivity index (χ1n) is 4.55. The molecule has 0 saturated carbocycles. The Morgan fingerprint density at radius 2 is 2.33 bits per heavy atom. The fraction of sp³-hybridized carbons (Fsp3) is 0.200. The molecule has 0 bridgehead atoms. The van der Waals surface area contributed by atoms with Crippen LogP contribution in [0.5, 0.6) is 5.75 Å². The molecule has 0 amide bonds. The van der Waals surface area contributed by atoms with Crippen molar-refractivity contribution in [2.24, 2.45) is 0 Å². The minimum Gasteiger partial charge on any atom is -0.467 e. The van der Waals surface area contributed by atoms with E-state index in [1.807, 2.05) is 23.6 Å². The fourth-order valence-corrected chi connectivity index (χ4v) is 2.08. The van der Waals surface area contributed by atoms with E-state index in [-0.39, 0.29) is 0 Å². The van der Waals surface area contributed by atoms with Crippen molar-refractivity contribution in [2.75, 3.05) is 6.79 Å². The third kappa shape index (κ3) is 1.49. The van der Waals surface area contributed by atoms with Gasteiger partial charge in [-0.2, -0.15) is 0 Å². The molecular formula is C10H8N2O2S. The number of hydrogen-bond donors (Lipinski definition) is 0. The van der Waals surface area contributed by atoms with Gasteiger partial charge in [0, 0.05) is 16.5 Å². The highest BCUT2D eigenvalue weighted by atomic mass is 32.1. The zero-order chi connectivity index (χ0) is 10.1. The van der Waals surface area contributed by atoms with Crippen molar-refractivity contribution in [3.8, 4) is 17.0 Å². The van der Waals surface area contributed by atoms with E-state index in [1.54, 1.807) is 0 Å². The minimum absolute atomic E-state index is 0.325. The van der Waals surface area contributed by atoms with Crippen molar-refractivity contribution in [2.45, 2.75) is 6.61 Å². The van der Waals surface area contributed by atoms with E-state index >= 15 is 0 Å². The molecule has 1 aliphatic heterocycles. The first-order valence-corrected chi connectivity index (χ1v) is 5.38. The van der Waals surface area contributed by atoms with E-state index in [0.29, 0.717) is 13.4 Å². The zero-order valence-corrected chi connectivity index (χ0v) is 8.66. The summed E-state index contributed by atoms with van der Waals surface area (Å²) in [6, 6.07) is 5.91. The van der Waals surface area contributed by atoms with Crippen molar-refractivity contribution in [3.63, 3.8) is 0 Å². The molecule has 1 aromatic carbocycles. The Morgan fingerprint density at radius 3 is 3.20 bits per heavy atom. The second-order valence-electron chi connectivity index (χ2n) is 3.18. The Labute approximate surface area is 90.6 Å². The summed E-state index contributed by atoms with van der Waals surface area (Å²) in [5.74, 6) is 0.881. The highest BCUT2D eigenvalue weighted by Gasteiger charge is 2.16. The van der Waals surface area contributed by atoms with Crippen LogP contribution in [0, 0.1) is 0 Å². The topological polar surface area (TPSA) is 44.2 Å². The van der Waals surface area contributed by atoms with Crippen molar-refractivity contribution in [1.82, 2.24) is 9.59 Å². The van der Waals surface area contributed by atoms with Gasteiger partial charge >= 0.3 is 0 Å². The highest BCUT2D eigenvalue weighted by molar-refractivity contribution is 7.03. The molecule has 5 heteroatoms. The van der Waals surface area contributed by atoms with E-state index in [9.17, 15) is 0 Å². The molecule has 76 valence electrons. The van der Waals surface area contributed by atoms with Crippen LogP contribution in [0.25, 0.3) is 11.3 Å². The van der Waals surface area contributed by atoms with Crippen LogP contribution in [0.1, 0.15) is 5.56 Å². The second kappa shape index (κ2) is 3.60. The lowest BCUT2D eigenvalue weighted by atomic mass is 10.0. The molecule has 0 aliphatic carbocycles. The summed E-state index contributed by atoms with van der Waals surface area (Å²) >= 11 is 1.34. The monoisotopic (exact) mass is 220 g/mol. The molecule has 2 heterocycles. The number of hydrogen-bond acceptors (Lipinski definition) is 5. The molecule has 0 N–H and O–H groups in total. The number of rotatable bonds is 1. The van der Waals surface area contributed by atoms with E-state index < -0.39 is 0 Å². The van der Waals surface area contributed by atoms with Crippen LogP contribution in [0.15, 0.2) is 23.6 Å². The van der Waals surface area contributed by atoms with Crippen LogP contribution < -0.4 is 4.74 Å². The van der Waals surface area contributed by atoms with Crippen molar-refractivity contribution in [3.05, 3.63) is 29.1 Å². The number of benzene rings is 1. The lowest BCUT2D eigenvalue weighted by molar-refractivity contribution is -0.0160. The van der Waals surface area contributed by atoms with Gasteiger partial charge in [0.05, 0.1) is 6.61 Å². The summed E-state index contributed by atoms with van der Waals surface area (Å²) in [6.45, 7) is 0.898. The van der Waals surface area contributed by atoms with Gasteiger partial charge in [-0.3, -0.25) is 0 Å². The fourth-order valence-electron chi connectivity index (χ4n) is 1.62. The summed E-state index contributed by atoms with van der Waals surface area (Å²) in [4.78, 5) is 0. The van der Waals surface area contributed by atoms with Gasteiger partial charge in [-0.25, -0.2) is 0 Å². The lowest BCUT2D eigenvalue weighted by Crippen LogP contribution is -2.12. The summed E-state index contributed by atoms with van der Waals surface area (Å²) in [5, 5.41) is 5.97. The molecular weight excluding hydrogens is 212 g/mol. The van der Waals surface area contributed by atoms with Crippen LogP contribution >= 0.6 is 11.5 Å². The maximum absolute atomic E-state index is 5.40. The summed E-state index contributed by atoms with van der Waals surface area (Å²) in [7, 11) is 0. The van der Waals surface area contributed by atoms with Crippen molar-refractivity contribution in [1.29, 1.82) is 0 Å². The van der Waals surface area contributed by atoms with Gasteiger partial charge in [-0.05, 0) is 17.6 Å². The van der Waals surface area contributed by atoms with Crippen LogP contribution in [0.4, 0.5) is 0 Å². The molecule has 2 aromatic rings. The van der Waals surface area contributed by atoms with Crippen LogP contribution in [0.3, 0.4) is 0 Å². The van der Waals surface area contributed by atoms with Crippen molar-refractivity contribution < 1.29 is 9.47 Å². The summed E-state index contributed by atoms with van der Waals surface area (Å²) in [5.41, 5.74) is 2.98. The van der Waals surface area contributed by atoms with Gasteiger partial charge in [0.15, 0.2) is 6.79 Å². The lowest BCUT2D eigenvalue weighted by Gasteiger charge is -2.19. The molecule has 4 nitrogen and oxygen atoms in total. The van der Waals surface area contributed by atoms with E-state index in [2.05, 4.69) is 9.59 Å². The average molecular weight is 220 g/mol. The SMILES string of the molecule is c1cc2c(c(-c3csnn3)c1)COCO2. The second-order valence-corrected chi connectivity index (χ2v) is 3.79. The van der Waals surface area contributed by atoms with Gasteiger partial charge < -0.3 is 9.47 Å². The Morgan fingerprint density at radius 1 is 1.33 bits per heavy atom. The van der Waals surface area contributed by atoms with Crippen LogP contribution in [-0.2, 0) is 11.3 Å². The minimum atomic E-state index is 0.325. The Hall–Kier alpha value is -1.46.